The lowest BCUT2D eigenvalue weighted by Gasteiger charge is -2.21. The second-order valence-electron chi connectivity index (χ2n) is 7.25. The van der Waals surface area contributed by atoms with E-state index in [1.54, 1.807) is 4.68 Å². The van der Waals surface area contributed by atoms with Crippen LogP contribution in [0.4, 0.5) is 5.69 Å². The first-order valence-electron chi connectivity index (χ1n) is 8.83. The lowest BCUT2D eigenvalue weighted by Crippen LogP contribution is -2.26. The lowest BCUT2D eigenvalue weighted by atomic mass is 9.79. The van der Waals surface area contributed by atoms with Crippen LogP contribution in [0, 0.1) is 0 Å². The number of benzene rings is 2. The van der Waals surface area contributed by atoms with Crippen LogP contribution in [0.15, 0.2) is 72.1 Å². The molecule has 0 unspecified atom stereocenters. The van der Waals surface area contributed by atoms with Gasteiger partial charge in [-0.1, -0.05) is 55.8 Å². The largest absolute Gasteiger partial charge is 0.254 e. The van der Waals surface area contributed by atoms with E-state index in [2.05, 4.69) is 42.1 Å². The minimum absolute atomic E-state index is 0.227. The number of para-hydroxylation sites is 1. The van der Waals surface area contributed by atoms with Crippen LogP contribution in [0.5, 0.6) is 0 Å². The average molecular weight is 373 g/mol. The average Bonchev–Trinajstić information content (AvgIpc) is 3.24. The Morgan fingerprint density at radius 2 is 1.85 bits per heavy atom. The quantitative estimate of drug-likeness (QED) is 0.467. The van der Waals surface area contributed by atoms with Crippen molar-refractivity contribution in [2.24, 2.45) is 4.99 Å². The third kappa shape index (κ3) is 2.41. The number of hydrogen-bond acceptors (Lipinski definition) is 3. The van der Waals surface area contributed by atoms with E-state index in [0.717, 1.165) is 33.6 Å². The number of pyridine rings is 1. The fourth-order valence-corrected chi connectivity index (χ4v) is 3.99. The van der Waals surface area contributed by atoms with E-state index in [-0.39, 0.29) is 5.41 Å². The fourth-order valence-electron chi connectivity index (χ4n) is 3.77. The van der Waals surface area contributed by atoms with Crippen LogP contribution in [0.25, 0.3) is 16.6 Å². The maximum absolute atomic E-state index is 6.32. The van der Waals surface area contributed by atoms with Gasteiger partial charge in [0.2, 0.25) is 0 Å². The Hall–Kier alpha value is -2.98. The molecule has 2 aromatic heterocycles. The number of nitrogens with zero attached hydrogens (tertiary/aromatic N) is 4. The molecule has 0 fully saturated rings. The summed E-state index contributed by atoms with van der Waals surface area (Å²) in [5, 5.41) is 6.28. The molecule has 5 heteroatoms. The number of aromatic nitrogens is 3. The van der Waals surface area contributed by atoms with Crippen molar-refractivity contribution in [1.82, 2.24) is 14.8 Å². The van der Waals surface area contributed by atoms with E-state index in [1.807, 2.05) is 48.9 Å². The molecule has 1 aliphatic rings. The van der Waals surface area contributed by atoms with Gasteiger partial charge in [0.15, 0.2) is 0 Å². The molecule has 0 atom stereocenters. The van der Waals surface area contributed by atoms with Crippen molar-refractivity contribution in [2.45, 2.75) is 19.3 Å². The van der Waals surface area contributed by atoms with Gasteiger partial charge in [0.25, 0.3) is 0 Å². The SMILES string of the molecule is CC1(C)C(c2cnn(-c3ccccc3Cl)c2)=Nc2c1ccc1cccnc21. The van der Waals surface area contributed by atoms with Gasteiger partial charge in [-0.2, -0.15) is 5.10 Å². The zero-order valence-corrected chi connectivity index (χ0v) is 15.8. The molecule has 0 bridgehead atoms. The summed E-state index contributed by atoms with van der Waals surface area (Å²) < 4.78 is 1.80. The van der Waals surface area contributed by atoms with Crippen molar-refractivity contribution in [3.63, 3.8) is 0 Å². The van der Waals surface area contributed by atoms with Gasteiger partial charge in [0, 0.05) is 28.8 Å². The Kier molecular flexibility index (Phi) is 3.46. The molecule has 0 spiro atoms. The van der Waals surface area contributed by atoms with Crippen LogP contribution >= 0.6 is 11.6 Å². The summed E-state index contributed by atoms with van der Waals surface area (Å²) in [7, 11) is 0. The van der Waals surface area contributed by atoms with Gasteiger partial charge in [-0.05, 0) is 23.8 Å². The Balaban J connectivity index is 1.66. The van der Waals surface area contributed by atoms with E-state index < -0.39 is 0 Å². The van der Waals surface area contributed by atoms with Gasteiger partial charge in [-0.3, -0.25) is 4.98 Å². The molecule has 5 rings (SSSR count). The number of hydrogen-bond donors (Lipinski definition) is 0. The summed E-state index contributed by atoms with van der Waals surface area (Å²) in [6.45, 7) is 4.39. The molecule has 3 heterocycles. The number of fused-ring (bicyclic) bond motifs is 3. The summed E-state index contributed by atoms with van der Waals surface area (Å²) in [6, 6.07) is 16.0. The lowest BCUT2D eigenvalue weighted by molar-refractivity contribution is 0.738. The van der Waals surface area contributed by atoms with Crippen molar-refractivity contribution in [2.75, 3.05) is 0 Å². The molecule has 0 aliphatic carbocycles. The van der Waals surface area contributed by atoms with E-state index in [0.29, 0.717) is 5.02 Å². The van der Waals surface area contributed by atoms with Crippen molar-refractivity contribution in [1.29, 1.82) is 0 Å². The van der Waals surface area contributed by atoms with Crippen LogP contribution in [-0.4, -0.2) is 20.5 Å². The Bertz CT molecular complexity index is 1220. The van der Waals surface area contributed by atoms with Gasteiger partial charge >= 0.3 is 0 Å². The van der Waals surface area contributed by atoms with Crippen molar-refractivity contribution in [3.8, 4) is 5.69 Å². The second-order valence-corrected chi connectivity index (χ2v) is 7.65. The number of aliphatic imine (C=N–C) groups is 1. The van der Waals surface area contributed by atoms with Crippen LogP contribution < -0.4 is 0 Å². The first-order valence-corrected chi connectivity index (χ1v) is 9.21. The molecule has 27 heavy (non-hydrogen) atoms. The highest BCUT2D eigenvalue weighted by atomic mass is 35.5. The molecule has 132 valence electrons. The molecule has 0 amide bonds. The highest BCUT2D eigenvalue weighted by Crippen LogP contribution is 2.45. The van der Waals surface area contributed by atoms with Gasteiger partial charge in [0.1, 0.15) is 0 Å². The standard InChI is InChI=1S/C22H17ClN4/c1-22(2)16-10-9-14-6-5-11-24-19(14)20(16)26-21(22)15-12-25-27(13-15)18-8-4-3-7-17(18)23/h3-13H,1-2H3. The number of rotatable bonds is 2. The molecule has 0 radical (unpaired) electrons. The smallest absolute Gasteiger partial charge is 0.0961 e. The molecule has 2 aromatic carbocycles. The highest BCUT2D eigenvalue weighted by Gasteiger charge is 2.37. The summed E-state index contributed by atoms with van der Waals surface area (Å²) in [5.41, 5.74) is 5.69. The first-order chi connectivity index (χ1) is 13.1. The third-order valence-electron chi connectivity index (χ3n) is 5.19. The zero-order chi connectivity index (χ0) is 18.6. The summed E-state index contributed by atoms with van der Waals surface area (Å²) in [5.74, 6) is 0. The van der Waals surface area contributed by atoms with E-state index in [1.165, 1.54) is 5.56 Å². The second kappa shape index (κ2) is 5.76. The maximum Gasteiger partial charge on any atom is 0.0961 e. The third-order valence-corrected chi connectivity index (χ3v) is 5.51. The molecule has 1 aliphatic heterocycles. The van der Waals surface area contributed by atoms with E-state index in [9.17, 15) is 0 Å². The summed E-state index contributed by atoms with van der Waals surface area (Å²) >= 11 is 6.32. The van der Waals surface area contributed by atoms with Crippen molar-refractivity contribution in [3.05, 3.63) is 83.3 Å². The topological polar surface area (TPSA) is 43.1 Å². The van der Waals surface area contributed by atoms with E-state index >= 15 is 0 Å². The predicted molar refractivity (Wildman–Crippen MR) is 110 cm³/mol. The molecule has 4 aromatic rings. The number of halogens is 1. The molecule has 0 saturated heterocycles. The van der Waals surface area contributed by atoms with Gasteiger partial charge < -0.3 is 0 Å². The zero-order valence-electron chi connectivity index (χ0n) is 15.0. The van der Waals surface area contributed by atoms with Crippen LogP contribution in [0.2, 0.25) is 5.02 Å². The summed E-state index contributed by atoms with van der Waals surface area (Å²) in [4.78, 5) is 9.57. The monoisotopic (exact) mass is 372 g/mol. The van der Waals surface area contributed by atoms with Gasteiger partial charge in [-0.25, -0.2) is 9.67 Å². The Morgan fingerprint density at radius 3 is 2.70 bits per heavy atom. The maximum atomic E-state index is 6.32. The molecule has 0 saturated carbocycles. The van der Waals surface area contributed by atoms with Crippen molar-refractivity contribution >= 4 is 33.9 Å². The van der Waals surface area contributed by atoms with Crippen LogP contribution in [0.1, 0.15) is 25.0 Å². The van der Waals surface area contributed by atoms with Crippen LogP contribution in [0.3, 0.4) is 0 Å². The van der Waals surface area contributed by atoms with Gasteiger partial charge in [-0.15, -0.1) is 0 Å². The van der Waals surface area contributed by atoms with Crippen molar-refractivity contribution < 1.29 is 0 Å². The fraction of sp³-hybridized carbons (Fsp3) is 0.136. The Morgan fingerprint density at radius 1 is 1.00 bits per heavy atom. The molecular formula is C22H17ClN4. The first kappa shape index (κ1) is 16.2. The minimum atomic E-state index is -0.227. The predicted octanol–water partition coefficient (Wildman–Crippen LogP) is 5.49. The van der Waals surface area contributed by atoms with Gasteiger partial charge in [0.05, 0.1) is 33.8 Å². The molecular weight excluding hydrogens is 356 g/mol. The molecule has 4 nitrogen and oxygen atoms in total. The molecule has 0 N–H and O–H groups in total. The Labute approximate surface area is 162 Å². The minimum Gasteiger partial charge on any atom is -0.254 e. The van der Waals surface area contributed by atoms with E-state index in [4.69, 9.17) is 16.6 Å². The normalized spacial score (nSPS) is 15.0. The highest BCUT2D eigenvalue weighted by molar-refractivity contribution is 6.32. The summed E-state index contributed by atoms with van der Waals surface area (Å²) in [6.07, 6.45) is 5.66. The van der Waals surface area contributed by atoms with Crippen LogP contribution in [-0.2, 0) is 5.41 Å².